The van der Waals surface area contributed by atoms with E-state index in [1.807, 2.05) is 60.0 Å². The molecule has 3 aromatic heterocycles. The quantitative estimate of drug-likeness (QED) is 0.316. The lowest BCUT2D eigenvalue weighted by Gasteiger charge is -2.36. The molecule has 1 aliphatic heterocycles. The summed E-state index contributed by atoms with van der Waals surface area (Å²) in [6.07, 6.45) is 1.45. The van der Waals surface area contributed by atoms with Crippen LogP contribution in [0.1, 0.15) is 21.0 Å². The van der Waals surface area contributed by atoms with Gasteiger partial charge in [0, 0.05) is 36.4 Å². The van der Waals surface area contributed by atoms with Crippen molar-refractivity contribution in [1.29, 1.82) is 0 Å². The Balaban J connectivity index is 1.26. The van der Waals surface area contributed by atoms with Gasteiger partial charge in [0.1, 0.15) is 23.3 Å². The fourth-order valence-electron chi connectivity index (χ4n) is 4.69. The Morgan fingerprint density at radius 1 is 1.00 bits per heavy atom. The number of nitrogens with one attached hydrogen (secondary N) is 1. The number of carbonyl (C=O) groups is 2. The minimum atomic E-state index is -0.483. The maximum absolute atomic E-state index is 13.7. The topological polar surface area (TPSA) is 101 Å². The first-order valence-corrected chi connectivity index (χ1v) is 13.0. The van der Waals surface area contributed by atoms with Crippen molar-refractivity contribution in [3.63, 3.8) is 0 Å². The monoisotopic (exact) mass is 528 g/mol. The number of hydrogen-bond donors (Lipinski definition) is 1. The Kier molecular flexibility index (Phi) is 6.30. The fraction of sp³-hybridized carbons (Fsp3) is 0.179. The van der Waals surface area contributed by atoms with Crippen LogP contribution in [0.4, 0.5) is 11.4 Å². The van der Waals surface area contributed by atoms with Gasteiger partial charge in [-0.2, -0.15) is 0 Å². The molecule has 38 heavy (non-hydrogen) atoms. The van der Waals surface area contributed by atoms with Crippen LogP contribution in [0.25, 0.3) is 21.4 Å². The highest BCUT2D eigenvalue weighted by Gasteiger charge is 2.30. The van der Waals surface area contributed by atoms with Gasteiger partial charge in [0.2, 0.25) is 5.76 Å². The Morgan fingerprint density at radius 3 is 2.58 bits per heavy atom. The summed E-state index contributed by atoms with van der Waals surface area (Å²) in [4.78, 5) is 31.8. The predicted octanol–water partition coefficient (Wildman–Crippen LogP) is 5.37. The Bertz CT molecular complexity index is 1600. The number of amides is 2. The van der Waals surface area contributed by atoms with E-state index in [0.717, 1.165) is 16.3 Å². The van der Waals surface area contributed by atoms with Crippen LogP contribution in [-0.2, 0) is 0 Å². The molecule has 2 amide bonds. The first kappa shape index (κ1) is 23.8. The van der Waals surface area contributed by atoms with E-state index in [1.165, 1.54) is 17.6 Å². The van der Waals surface area contributed by atoms with Gasteiger partial charge in [-0.25, -0.2) is 0 Å². The van der Waals surface area contributed by atoms with Crippen LogP contribution in [0, 0.1) is 0 Å². The zero-order valence-corrected chi connectivity index (χ0v) is 21.4. The molecule has 0 bridgehead atoms. The number of ether oxygens (including phenoxy) is 1. The lowest BCUT2D eigenvalue weighted by Crippen LogP contribution is -2.49. The number of carbonyl (C=O) groups excluding carboxylic acids is 2. The highest BCUT2D eigenvalue weighted by Crippen LogP contribution is 2.34. The van der Waals surface area contributed by atoms with Gasteiger partial charge in [0.15, 0.2) is 5.69 Å². The predicted molar refractivity (Wildman–Crippen MR) is 145 cm³/mol. The van der Waals surface area contributed by atoms with Crippen LogP contribution in [0.2, 0.25) is 0 Å². The number of piperazine rings is 1. The van der Waals surface area contributed by atoms with Crippen molar-refractivity contribution in [2.24, 2.45) is 0 Å². The standard InChI is InChI=1S/C28H24N4O5S/c1-35-22-10-5-3-8-20(22)31-12-14-32(15-13-31)28(34)26-24(18-7-2-4-9-21(18)37-26)29-27(33)25-19(17-36-30-25)23-11-6-16-38-23/h2-11,16-17H,12-15H2,1H3,(H,29,33). The van der Waals surface area contributed by atoms with Gasteiger partial charge in [-0.1, -0.05) is 35.5 Å². The third kappa shape index (κ3) is 4.28. The molecular formula is C28H24N4O5S. The van der Waals surface area contributed by atoms with Crippen molar-refractivity contribution in [3.8, 4) is 16.2 Å². The van der Waals surface area contributed by atoms with E-state index >= 15 is 0 Å². The molecule has 0 unspecified atom stereocenters. The number of para-hydroxylation sites is 3. The molecule has 0 radical (unpaired) electrons. The van der Waals surface area contributed by atoms with Crippen LogP contribution < -0.4 is 15.0 Å². The number of hydrogen-bond acceptors (Lipinski definition) is 8. The summed E-state index contributed by atoms with van der Waals surface area (Å²) in [7, 11) is 1.65. The van der Waals surface area contributed by atoms with E-state index in [0.29, 0.717) is 48.4 Å². The van der Waals surface area contributed by atoms with Crippen molar-refractivity contribution < 1.29 is 23.3 Å². The minimum Gasteiger partial charge on any atom is -0.495 e. The van der Waals surface area contributed by atoms with Crippen LogP contribution in [0.3, 0.4) is 0 Å². The molecule has 1 N–H and O–H groups in total. The summed E-state index contributed by atoms with van der Waals surface area (Å²) in [6.45, 7) is 2.26. The molecule has 0 aliphatic carbocycles. The highest BCUT2D eigenvalue weighted by molar-refractivity contribution is 7.13. The molecule has 4 heterocycles. The second-order valence-corrected chi connectivity index (χ2v) is 9.71. The summed E-state index contributed by atoms with van der Waals surface area (Å²) < 4.78 is 16.6. The molecule has 0 saturated carbocycles. The molecule has 1 aliphatic rings. The average molecular weight is 529 g/mol. The lowest BCUT2D eigenvalue weighted by molar-refractivity contribution is 0.0718. The molecule has 0 atom stereocenters. The molecule has 9 nitrogen and oxygen atoms in total. The average Bonchev–Trinajstić information content (AvgIpc) is 3.73. The molecule has 5 aromatic rings. The van der Waals surface area contributed by atoms with Crippen molar-refractivity contribution in [2.45, 2.75) is 0 Å². The molecule has 192 valence electrons. The zero-order chi connectivity index (χ0) is 26.1. The maximum Gasteiger partial charge on any atom is 0.291 e. The molecule has 1 saturated heterocycles. The van der Waals surface area contributed by atoms with Gasteiger partial charge >= 0.3 is 0 Å². The summed E-state index contributed by atoms with van der Waals surface area (Å²) >= 11 is 1.48. The number of thiophene rings is 1. The maximum atomic E-state index is 13.7. The summed E-state index contributed by atoms with van der Waals surface area (Å²) in [5.41, 5.74) is 2.56. The smallest absolute Gasteiger partial charge is 0.291 e. The Labute approximate surface area is 222 Å². The van der Waals surface area contributed by atoms with Gasteiger partial charge in [0.25, 0.3) is 11.8 Å². The number of methoxy groups -OCH3 is 1. The van der Waals surface area contributed by atoms with E-state index < -0.39 is 5.91 Å². The van der Waals surface area contributed by atoms with Crippen molar-refractivity contribution in [3.05, 3.63) is 83.8 Å². The number of aromatic nitrogens is 1. The number of rotatable bonds is 6. The summed E-state index contributed by atoms with van der Waals surface area (Å²) in [5, 5.41) is 9.36. The zero-order valence-electron chi connectivity index (χ0n) is 20.5. The SMILES string of the molecule is COc1ccccc1N1CCN(C(=O)c2oc3ccccc3c2NC(=O)c2nocc2-c2cccs2)CC1. The summed E-state index contributed by atoms with van der Waals surface area (Å²) in [5.74, 6) is 0.120. The van der Waals surface area contributed by atoms with Gasteiger partial charge in [-0.05, 0) is 35.7 Å². The molecular weight excluding hydrogens is 504 g/mol. The highest BCUT2D eigenvalue weighted by atomic mass is 32.1. The van der Waals surface area contributed by atoms with E-state index in [4.69, 9.17) is 13.7 Å². The lowest BCUT2D eigenvalue weighted by atomic mass is 10.1. The summed E-state index contributed by atoms with van der Waals surface area (Å²) in [6, 6.07) is 18.9. The van der Waals surface area contributed by atoms with Crippen LogP contribution in [-0.4, -0.2) is 55.2 Å². The molecule has 10 heteroatoms. The normalized spacial score (nSPS) is 13.6. The number of nitrogens with zero attached hydrogens (tertiary/aromatic N) is 3. The molecule has 1 fully saturated rings. The molecule has 0 spiro atoms. The van der Waals surface area contributed by atoms with E-state index in [2.05, 4.69) is 15.4 Å². The van der Waals surface area contributed by atoms with Crippen LogP contribution in [0.15, 0.2) is 81.2 Å². The van der Waals surface area contributed by atoms with Crippen LogP contribution in [0.5, 0.6) is 5.75 Å². The fourth-order valence-corrected chi connectivity index (χ4v) is 5.42. The van der Waals surface area contributed by atoms with Gasteiger partial charge in [0.05, 0.1) is 18.4 Å². The number of benzene rings is 2. The van der Waals surface area contributed by atoms with E-state index in [9.17, 15) is 9.59 Å². The Hall–Kier alpha value is -4.57. The van der Waals surface area contributed by atoms with E-state index in [1.54, 1.807) is 18.1 Å². The second kappa shape index (κ2) is 10.1. The first-order valence-electron chi connectivity index (χ1n) is 12.1. The molecule has 6 rings (SSSR count). The number of anilines is 2. The van der Waals surface area contributed by atoms with Gasteiger partial charge < -0.3 is 28.8 Å². The van der Waals surface area contributed by atoms with Crippen molar-refractivity contribution in [1.82, 2.24) is 10.1 Å². The number of furan rings is 1. The third-order valence-electron chi connectivity index (χ3n) is 6.59. The van der Waals surface area contributed by atoms with Gasteiger partial charge in [-0.15, -0.1) is 11.3 Å². The first-order chi connectivity index (χ1) is 18.6. The Morgan fingerprint density at radius 2 is 1.79 bits per heavy atom. The van der Waals surface area contributed by atoms with E-state index in [-0.39, 0.29) is 17.4 Å². The van der Waals surface area contributed by atoms with Crippen LogP contribution >= 0.6 is 11.3 Å². The van der Waals surface area contributed by atoms with Crippen molar-refractivity contribution >= 4 is 45.5 Å². The number of fused-ring (bicyclic) bond motifs is 1. The van der Waals surface area contributed by atoms with Crippen molar-refractivity contribution in [2.75, 3.05) is 43.5 Å². The second-order valence-electron chi connectivity index (χ2n) is 8.76. The third-order valence-corrected chi connectivity index (χ3v) is 7.50. The molecule has 2 aromatic carbocycles. The minimum absolute atomic E-state index is 0.0893. The largest absolute Gasteiger partial charge is 0.495 e. The van der Waals surface area contributed by atoms with Gasteiger partial charge in [-0.3, -0.25) is 9.59 Å².